The van der Waals surface area contributed by atoms with Gasteiger partial charge in [0, 0.05) is 11.9 Å². The van der Waals surface area contributed by atoms with E-state index in [4.69, 9.17) is 0 Å². The Morgan fingerprint density at radius 2 is 2.12 bits per heavy atom. The van der Waals surface area contributed by atoms with Crippen LogP contribution in [0.4, 0.5) is 5.69 Å². The molecule has 0 aliphatic carbocycles. The maximum atomic E-state index is 12.1. The van der Waals surface area contributed by atoms with Crippen molar-refractivity contribution < 1.29 is 4.79 Å². The highest BCUT2D eigenvalue weighted by molar-refractivity contribution is 6.06. The second kappa shape index (κ2) is 4.37. The molecule has 0 saturated heterocycles. The molecule has 5 heteroatoms. The normalized spacial score (nSPS) is 10.3. The standard InChI is InChI=1S/C12H14N4O/c1-7-4-5-13-6-10(7)14-12(17)11-8(2)15-16-9(11)3/h4-6H,1-3H3,(H,14,17)(H,15,16). The fourth-order valence-electron chi connectivity index (χ4n) is 1.67. The van der Waals surface area contributed by atoms with Gasteiger partial charge in [0.25, 0.3) is 5.91 Å². The molecule has 0 aliphatic heterocycles. The van der Waals surface area contributed by atoms with Crippen LogP contribution in [0.2, 0.25) is 0 Å². The second-order valence-electron chi connectivity index (χ2n) is 3.95. The summed E-state index contributed by atoms with van der Waals surface area (Å²) in [5.74, 6) is -0.162. The van der Waals surface area contributed by atoms with Crippen molar-refractivity contribution in [2.75, 3.05) is 5.32 Å². The molecule has 0 radical (unpaired) electrons. The van der Waals surface area contributed by atoms with Crippen molar-refractivity contribution in [1.82, 2.24) is 15.2 Å². The number of anilines is 1. The minimum atomic E-state index is -0.162. The van der Waals surface area contributed by atoms with E-state index >= 15 is 0 Å². The summed E-state index contributed by atoms with van der Waals surface area (Å²) >= 11 is 0. The van der Waals surface area contributed by atoms with Crippen molar-refractivity contribution in [2.24, 2.45) is 0 Å². The van der Waals surface area contributed by atoms with E-state index in [1.165, 1.54) is 0 Å². The van der Waals surface area contributed by atoms with Gasteiger partial charge in [0.2, 0.25) is 0 Å². The zero-order valence-corrected chi connectivity index (χ0v) is 10.0. The highest BCUT2D eigenvalue weighted by Gasteiger charge is 2.15. The SMILES string of the molecule is Cc1ccncc1NC(=O)c1c(C)n[nH]c1C. The lowest BCUT2D eigenvalue weighted by Crippen LogP contribution is -2.14. The first-order valence-electron chi connectivity index (χ1n) is 5.33. The Balaban J connectivity index is 2.27. The van der Waals surface area contributed by atoms with Gasteiger partial charge in [-0.05, 0) is 32.4 Å². The molecule has 0 fully saturated rings. The predicted octanol–water partition coefficient (Wildman–Crippen LogP) is 1.98. The third kappa shape index (κ3) is 2.18. The van der Waals surface area contributed by atoms with Gasteiger partial charge in [-0.3, -0.25) is 14.9 Å². The van der Waals surface area contributed by atoms with Crippen molar-refractivity contribution in [1.29, 1.82) is 0 Å². The third-order valence-electron chi connectivity index (χ3n) is 2.64. The van der Waals surface area contributed by atoms with E-state index in [-0.39, 0.29) is 5.91 Å². The number of nitrogens with one attached hydrogen (secondary N) is 2. The molecule has 5 nitrogen and oxygen atoms in total. The number of aromatic amines is 1. The number of nitrogens with zero attached hydrogens (tertiary/aromatic N) is 2. The van der Waals surface area contributed by atoms with Crippen LogP contribution in [0.25, 0.3) is 0 Å². The van der Waals surface area contributed by atoms with Crippen LogP contribution in [0.5, 0.6) is 0 Å². The molecule has 0 aromatic carbocycles. The topological polar surface area (TPSA) is 70.7 Å². The van der Waals surface area contributed by atoms with E-state index in [1.807, 2.05) is 19.9 Å². The Morgan fingerprint density at radius 3 is 2.71 bits per heavy atom. The molecule has 0 unspecified atom stereocenters. The molecule has 2 aromatic rings. The summed E-state index contributed by atoms with van der Waals surface area (Å²) in [7, 11) is 0. The van der Waals surface area contributed by atoms with Crippen LogP contribution in [-0.2, 0) is 0 Å². The van der Waals surface area contributed by atoms with Gasteiger partial charge in [0.15, 0.2) is 0 Å². The molecule has 2 heterocycles. The van der Waals surface area contributed by atoms with Gasteiger partial charge in [-0.1, -0.05) is 0 Å². The number of H-pyrrole nitrogens is 1. The lowest BCUT2D eigenvalue weighted by Gasteiger charge is -2.07. The Kier molecular flexibility index (Phi) is 2.91. The monoisotopic (exact) mass is 230 g/mol. The number of carbonyl (C=O) groups is 1. The number of hydrogen-bond donors (Lipinski definition) is 2. The molecule has 0 bridgehead atoms. The highest BCUT2D eigenvalue weighted by Crippen LogP contribution is 2.15. The zero-order chi connectivity index (χ0) is 12.4. The van der Waals surface area contributed by atoms with E-state index < -0.39 is 0 Å². The minimum absolute atomic E-state index is 0.162. The predicted molar refractivity (Wildman–Crippen MR) is 65.0 cm³/mol. The molecule has 0 aliphatic rings. The first kappa shape index (κ1) is 11.3. The largest absolute Gasteiger partial charge is 0.320 e. The molecule has 0 saturated carbocycles. The van der Waals surface area contributed by atoms with Gasteiger partial charge in [0.05, 0.1) is 23.1 Å². The number of aryl methyl sites for hydroxylation is 3. The fourth-order valence-corrected chi connectivity index (χ4v) is 1.67. The van der Waals surface area contributed by atoms with E-state index in [2.05, 4.69) is 20.5 Å². The summed E-state index contributed by atoms with van der Waals surface area (Å²) in [5, 5.41) is 9.62. The van der Waals surface area contributed by atoms with Crippen molar-refractivity contribution in [3.63, 3.8) is 0 Å². The van der Waals surface area contributed by atoms with Crippen LogP contribution in [0.1, 0.15) is 27.3 Å². The van der Waals surface area contributed by atoms with Crippen LogP contribution in [-0.4, -0.2) is 21.1 Å². The van der Waals surface area contributed by atoms with Gasteiger partial charge in [-0.15, -0.1) is 0 Å². The van der Waals surface area contributed by atoms with Crippen LogP contribution in [0, 0.1) is 20.8 Å². The van der Waals surface area contributed by atoms with Crippen molar-refractivity contribution in [3.05, 3.63) is 41.0 Å². The average Bonchev–Trinajstić information content (AvgIpc) is 2.62. The number of pyridine rings is 1. The Hall–Kier alpha value is -2.17. The molecule has 88 valence electrons. The molecule has 17 heavy (non-hydrogen) atoms. The van der Waals surface area contributed by atoms with Crippen molar-refractivity contribution in [2.45, 2.75) is 20.8 Å². The van der Waals surface area contributed by atoms with Gasteiger partial charge < -0.3 is 5.32 Å². The van der Waals surface area contributed by atoms with E-state index in [9.17, 15) is 4.79 Å². The summed E-state index contributed by atoms with van der Waals surface area (Å²) in [6.45, 7) is 5.55. The van der Waals surface area contributed by atoms with Crippen molar-refractivity contribution >= 4 is 11.6 Å². The highest BCUT2D eigenvalue weighted by atomic mass is 16.1. The number of carbonyl (C=O) groups excluding carboxylic acids is 1. The third-order valence-corrected chi connectivity index (χ3v) is 2.64. The first-order valence-corrected chi connectivity index (χ1v) is 5.33. The number of hydrogen-bond acceptors (Lipinski definition) is 3. The lowest BCUT2D eigenvalue weighted by atomic mass is 10.1. The average molecular weight is 230 g/mol. The number of rotatable bonds is 2. The van der Waals surface area contributed by atoms with Crippen LogP contribution in [0.3, 0.4) is 0 Å². The van der Waals surface area contributed by atoms with Crippen LogP contribution >= 0.6 is 0 Å². The van der Waals surface area contributed by atoms with Gasteiger partial charge >= 0.3 is 0 Å². The molecule has 2 aromatic heterocycles. The summed E-state index contributed by atoms with van der Waals surface area (Å²) < 4.78 is 0. The smallest absolute Gasteiger partial charge is 0.259 e. The maximum absolute atomic E-state index is 12.1. The fraction of sp³-hybridized carbons (Fsp3) is 0.250. The summed E-state index contributed by atoms with van der Waals surface area (Å²) in [6, 6.07) is 1.85. The molecule has 0 spiro atoms. The molecule has 1 amide bonds. The number of aromatic nitrogens is 3. The van der Waals surface area contributed by atoms with Gasteiger partial charge in [0.1, 0.15) is 0 Å². The first-order chi connectivity index (χ1) is 8.09. The van der Waals surface area contributed by atoms with Gasteiger partial charge in [-0.2, -0.15) is 5.10 Å². The summed E-state index contributed by atoms with van der Waals surface area (Å²) in [4.78, 5) is 16.1. The Morgan fingerprint density at radius 1 is 1.35 bits per heavy atom. The lowest BCUT2D eigenvalue weighted by molar-refractivity contribution is 0.102. The van der Waals surface area contributed by atoms with E-state index in [1.54, 1.807) is 19.3 Å². The Bertz CT molecular complexity index is 540. The molecule has 2 rings (SSSR count). The van der Waals surface area contributed by atoms with E-state index in [0.717, 1.165) is 16.9 Å². The van der Waals surface area contributed by atoms with Crippen LogP contribution < -0.4 is 5.32 Å². The summed E-state index contributed by atoms with van der Waals surface area (Å²) in [6.07, 6.45) is 3.33. The second-order valence-corrected chi connectivity index (χ2v) is 3.95. The number of amides is 1. The van der Waals surface area contributed by atoms with Gasteiger partial charge in [-0.25, -0.2) is 0 Å². The molecule has 0 atom stereocenters. The minimum Gasteiger partial charge on any atom is -0.320 e. The molecular formula is C12H14N4O. The molecular weight excluding hydrogens is 216 g/mol. The van der Waals surface area contributed by atoms with Crippen LogP contribution in [0.15, 0.2) is 18.5 Å². The quantitative estimate of drug-likeness (QED) is 0.828. The zero-order valence-electron chi connectivity index (χ0n) is 10.0. The maximum Gasteiger partial charge on any atom is 0.259 e. The van der Waals surface area contributed by atoms with E-state index in [0.29, 0.717) is 11.3 Å². The summed E-state index contributed by atoms with van der Waals surface area (Å²) in [5.41, 5.74) is 3.75. The Labute approximate surface area is 99.3 Å². The van der Waals surface area contributed by atoms with Crippen molar-refractivity contribution in [3.8, 4) is 0 Å². The molecule has 2 N–H and O–H groups in total.